The molecule has 128 valence electrons. The van der Waals surface area contributed by atoms with E-state index in [9.17, 15) is 9.90 Å². The molecular formula is C19H30N2O2. The molecule has 0 bridgehead atoms. The summed E-state index contributed by atoms with van der Waals surface area (Å²) in [7, 11) is 4.16. The van der Waals surface area contributed by atoms with Gasteiger partial charge in [0.15, 0.2) is 0 Å². The number of hydrogen-bond acceptors (Lipinski definition) is 3. The molecule has 0 aliphatic carbocycles. The Hall–Kier alpha value is -1.39. The topological polar surface area (TPSA) is 43.8 Å². The third kappa shape index (κ3) is 5.33. The average Bonchev–Trinajstić information content (AvgIpc) is 2.52. The molecule has 1 saturated heterocycles. The molecule has 23 heavy (non-hydrogen) atoms. The minimum Gasteiger partial charge on any atom is -0.390 e. The van der Waals surface area contributed by atoms with Crippen molar-refractivity contribution in [1.29, 1.82) is 0 Å². The fraction of sp³-hybridized carbons (Fsp3) is 0.632. The summed E-state index contributed by atoms with van der Waals surface area (Å²) < 4.78 is 0. The first-order chi connectivity index (χ1) is 10.8. The summed E-state index contributed by atoms with van der Waals surface area (Å²) >= 11 is 0. The molecule has 1 heterocycles. The van der Waals surface area contributed by atoms with Crippen LogP contribution in [0.25, 0.3) is 0 Å². The van der Waals surface area contributed by atoms with Gasteiger partial charge in [-0.1, -0.05) is 12.1 Å². The van der Waals surface area contributed by atoms with Crippen LogP contribution in [0.5, 0.6) is 0 Å². The lowest BCUT2D eigenvalue weighted by molar-refractivity contribution is 0.0634. The second-order valence-electron chi connectivity index (χ2n) is 7.52. The van der Waals surface area contributed by atoms with Gasteiger partial charge in [0.2, 0.25) is 0 Å². The van der Waals surface area contributed by atoms with Crippen molar-refractivity contribution in [3.63, 3.8) is 0 Å². The van der Waals surface area contributed by atoms with Gasteiger partial charge in [-0.25, -0.2) is 0 Å². The maximum absolute atomic E-state index is 12.7. The summed E-state index contributed by atoms with van der Waals surface area (Å²) in [5, 5.41) is 9.80. The smallest absolute Gasteiger partial charge is 0.253 e. The van der Waals surface area contributed by atoms with E-state index in [1.807, 2.05) is 43.0 Å². The summed E-state index contributed by atoms with van der Waals surface area (Å²) in [6, 6.07) is 8.31. The zero-order valence-electron chi connectivity index (χ0n) is 14.9. The molecule has 1 aliphatic rings. The standard InChI is InChI=1S/C19H30N2O2/c1-19(2,23)12-11-15-7-9-16(10-8-15)18(22)21-13-5-6-17(14-21)20(3)4/h7-10,17,23H,5-6,11-14H2,1-4H3. The molecule has 1 aromatic carbocycles. The maximum Gasteiger partial charge on any atom is 0.253 e. The predicted octanol–water partition coefficient (Wildman–Crippen LogP) is 2.56. The minimum absolute atomic E-state index is 0.130. The molecule has 4 nitrogen and oxygen atoms in total. The lowest BCUT2D eigenvalue weighted by Gasteiger charge is -2.36. The monoisotopic (exact) mass is 318 g/mol. The van der Waals surface area contributed by atoms with Crippen LogP contribution in [0.2, 0.25) is 0 Å². The maximum atomic E-state index is 12.7. The van der Waals surface area contributed by atoms with Crippen LogP contribution in [0.4, 0.5) is 0 Å². The number of amides is 1. The summed E-state index contributed by atoms with van der Waals surface area (Å²) in [5.41, 5.74) is 1.27. The van der Waals surface area contributed by atoms with E-state index in [1.165, 1.54) is 0 Å². The fourth-order valence-corrected chi connectivity index (χ4v) is 3.01. The molecule has 4 heteroatoms. The van der Waals surface area contributed by atoms with Gasteiger partial charge in [0.1, 0.15) is 0 Å². The van der Waals surface area contributed by atoms with Crippen molar-refractivity contribution in [2.45, 2.75) is 51.2 Å². The third-order valence-electron chi connectivity index (χ3n) is 4.64. The normalized spacial score (nSPS) is 19.2. The van der Waals surface area contributed by atoms with Crippen LogP contribution in [-0.2, 0) is 6.42 Å². The van der Waals surface area contributed by atoms with Gasteiger partial charge in [-0.3, -0.25) is 4.79 Å². The first-order valence-electron chi connectivity index (χ1n) is 8.53. The van der Waals surface area contributed by atoms with Crippen molar-refractivity contribution in [3.05, 3.63) is 35.4 Å². The molecule has 0 spiro atoms. The summed E-state index contributed by atoms with van der Waals surface area (Å²) in [6.07, 6.45) is 3.77. The van der Waals surface area contributed by atoms with Gasteiger partial charge in [0.05, 0.1) is 5.60 Å². The molecular weight excluding hydrogens is 288 g/mol. The summed E-state index contributed by atoms with van der Waals surface area (Å²) in [4.78, 5) is 16.8. The van der Waals surface area contributed by atoms with Gasteiger partial charge in [0.25, 0.3) is 5.91 Å². The van der Waals surface area contributed by atoms with Gasteiger partial charge < -0.3 is 14.9 Å². The highest BCUT2D eigenvalue weighted by atomic mass is 16.3. The van der Waals surface area contributed by atoms with Crippen molar-refractivity contribution in [1.82, 2.24) is 9.80 Å². The van der Waals surface area contributed by atoms with Crippen LogP contribution in [-0.4, -0.2) is 59.6 Å². The number of piperidine rings is 1. The average molecular weight is 318 g/mol. The van der Waals surface area contributed by atoms with Gasteiger partial charge in [-0.05, 0) is 71.3 Å². The van der Waals surface area contributed by atoms with Gasteiger partial charge in [0, 0.05) is 24.7 Å². The van der Waals surface area contributed by atoms with E-state index in [0.717, 1.165) is 49.9 Å². The van der Waals surface area contributed by atoms with Crippen LogP contribution in [0.1, 0.15) is 49.0 Å². The van der Waals surface area contributed by atoms with Crippen molar-refractivity contribution >= 4 is 5.91 Å². The Bertz CT molecular complexity index is 517. The van der Waals surface area contributed by atoms with Crippen LogP contribution in [0.3, 0.4) is 0 Å². The molecule has 0 saturated carbocycles. The quantitative estimate of drug-likeness (QED) is 0.907. The number of likely N-dealkylation sites (N-methyl/N-ethyl adjacent to an activating group) is 1. The molecule has 1 amide bonds. The number of carbonyl (C=O) groups is 1. The highest BCUT2D eigenvalue weighted by molar-refractivity contribution is 5.94. The van der Waals surface area contributed by atoms with E-state index in [1.54, 1.807) is 0 Å². The van der Waals surface area contributed by atoms with E-state index in [2.05, 4.69) is 19.0 Å². The predicted molar refractivity (Wildman–Crippen MR) is 93.7 cm³/mol. The molecule has 0 radical (unpaired) electrons. The van der Waals surface area contributed by atoms with Crippen LogP contribution in [0.15, 0.2) is 24.3 Å². The number of aryl methyl sites for hydroxylation is 1. The van der Waals surface area contributed by atoms with Gasteiger partial charge in [-0.2, -0.15) is 0 Å². The number of likely N-dealkylation sites (tertiary alicyclic amines) is 1. The SMILES string of the molecule is CN(C)C1CCCN(C(=O)c2ccc(CCC(C)(C)O)cc2)C1. The number of nitrogens with zero attached hydrogens (tertiary/aromatic N) is 2. The molecule has 1 atom stereocenters. The largest absolute Gasteiger partial charge is 0.390 e. The highest BCUT2D eigenvalue weighted by Gasteiger charge is 2.25. The molecule has 2 rings (SSSR count). The first-order valence-corrected chi connectivity index (χ1v) is 8.53. The Balaban J connectivity index is 1.97. The molecule has 1 aromatic rings. The molecule has 1 unspecified atom stereocenters. The number of benzene rings is 1. The second-order valence-corrected chi connectivity index (χ2v) is 7.52. The van der Waals surface area contributed by atoms with Crippen molar-refractivity contribution in [2.75, 3.05) is 27.2 Å². The number of aliphatic hydroxyl groups is 1. The lowest BCUT2D eigenvalue weighted by Crippen LogP contribution is -2.47. The van der Waals surface area contributed by atoms with Gasteiger partial charge >= 0.3 is 0 Å². The lowest BCUT2D eigenvalue weighted by atomic mass is 9.98. The number of rotatable bonds is 5. The molecule has 1 fully saturated rings. The number of carbonyl (C=O) groups excluding carboxylic acids is 1. The van der Waals surface area contributed by atoms with Crippen LogP contribution < -0.4 is 0 Å². The first kappa shape index (κ1) is 18.0. The van der Waals surface area contributed by atoms with Crippen molar-refractivity contribution in [2.24, 2.45) is 0 Å². The van der Waals surface area contributed by atoms with Crippen LogP contribution in [0, 0.1) is 0 Å². The Morgan fingerprint density at radius 2 is 1.96 bits per heavy atom. The Labute approximate surface area is 140 Å². The van der Waals surface area contributed by atoms with E-state index in [-0.39, 0.29) is 5.91 Å². The Kier molecular flexibility index (Phi) is 5.82. The second kappa shape index (κ2) is 7.45. The zero-order valence-corrected chi connectivity index (χ0v) is 14.9. The number of hydrogen-bond donors (Lipinski definition) is 1. The van der Waals surface area contributed by atoms with Crippen LogP contribution >= 0.6 is 0 Å². The fourth-order valence-electron chi connectivity index (χ4n) is 3.01. The van der Waals surface area contributed by atoms with Crippen molar-refractivity contribution in [3.8, 4) is 0 Å². The summed E-state index contributed by atoms with van der Waals surface area (Å²) in [6.45, 7) is 5.31. The molecule has 0 aromatic heterocycles. The van der Waals surface area contributed by atoms with Crippen molar-refractivity contribution < 1.29 is 9.90 Å². The van der Waals surface area contributed by atoms with E-state index in [0.29, 0.717) is 6.04 Å². The zero-order chi connectivity index (χ0) is 17.0. The minimum atomic E-state index is -0.649. The molecule has 1 aliphatic heterocycles. The third-order valence-corrected chi connectivity index (χ3v) is 4.64. The van der Waals surface area contributed by atoms with E-state index >= 15 is 0 Å². The highest BCUT2D eigenvalue weighted by Crippen LogP contribution is 2.18. The summed E-state index contributed by atoms with van der Waals surface area (Å²) in [5.74, 6) is 0.130. The molecule has 1 N–H and O–H groups in total. The Morgan fingerprint density at radius 3 is 2.52 bits per heavy atom. The van der Waals surface area contributed by atoms with E-state index in [4.69, 9.17) is 0 Å². The Morgan fingerprint density at radius 1 is 1.30 bits per heavy atom. The van der Waals surface area contributed by atoms with E-state index < -0.39 is 5.60 Å². The van der Waals surface area contributed by atoms with Gasteiger partial charge in [-0.15, -0.1) is 0 Å².